The average molecular weight is 362 g/mol. The zero-order valence-electron chi connectivity index (χ0n) is 13.6. The van der Waals surface area contributed by atoms with E-state index in [4.69, 9.17) is 11.6 Å². The number of aryl methyl sites for hydroxylation is 1. The molecule has 1 aliphatic rings. The largest absolute Gasteiger partial charge is 0.333 e. The van der Waals surface area contributed by atoms with Crippen molar-refractivity contribution in [3.63, 3.8) is 0 Å². The number of rotatable bonds is 3. The van der Waals surface area contributed by atoms with Crippen LogP contribution in [0.25, 0.3) is 0 Å². The number of carbonyl (C=O) groups is 2. The first kappa shape index (κ1) is 17.2. The molecule has 1 heterocycles. The molecule has 1 atom stereocenters. The second-order valence-electron chi connectivity index (χ2n) is 5.94. The smallest absolute Gasteiger partial charge is 0.319 e. The van der Waals surface area contributed by atoms with E-state index in [9.17, 15) is 14.0 Å². The molecule has 1 fully saturated rings. The van der Waals surface area contributed by atoms with Gasteiger partial charge >= 0.3 is 6.03 Å². The van der Waals surface area contributed by atoms with Crippen LogP contribution in [0.2, 0.25) is 5.02 Å². The summed E-state index contributed by atoms with van der Waals surface area (Å²) in [5, 5.41) is 6.04. The first-order valence-corrected chi connectivity index (χ1v) is 8.20. The summed E-state index contributed by atoms with van der Waals surface area (Å²) in [5.41, 5.74) is 2.11. The van der Waals surface area contributed by atoms with E-state index in [0.29, 0.717) is 22.9 Å². The maximum atomic E-state index is 13.0. The van der Waals surface area contributed by atoms with E-state index in [0.717, 1.165) is 5.56 Å². The minimum absolute atomic E-state index is 0.115. The van der Waals surface area contributed by atoms with Gasteiger partial charge in [0.2, 0.25) is 5.91 Å². The zero-order chi connectivity index (χ0) is 18.0. The number of carbonyl (C=O) groups excluding carboxylic acids is 2. The Balaban J connectivity index is 1.60. The Bertz CT molecular complexity index is 810. The van der Waals surface area contributed by atoms with Crippen LogP contribution >= 0.6 is 11.6 Å². The van der Waals surface area contributed by atoms with Crippen molar-refractivity contribution >= 4 is 34.9 Å². The van der Waals surface area contributed by atoms with Crippen molar-refractivity contribution in [1.82, 2.24) is 5.32 Å². The van der Waals surface area contributed by atoms with Crippen LogP contribution in [-0.2, 0) is 4.79 Å². The fourth-order valence-corrected chi connectivity index (χ4v) is 2.88. The number of anilines is 2. The van der Waals surface area contributed by atoms with Crippen molar-refractivity contribution < 1.29 is 14.0 Å². The van der Waals surface area contributed by atoms with Crippen LogP contribution < -0.4 is 15.5 Å². The Hall–Kier alpha value is -2.60. The summed E-state index contributed by atoms with van der Waals surface area (Å²) in [6, 6.07) is 10.2. The van der Waals surface area contributed by atoms with Crippen molar-refractivity contribution in [2.24, 2.45) is 0 Å². The summed E-state index contributed by atoms with van der Waals surface area (Å²) >= 11 is 6.04. The Kier molecular flexibility index (Phi) is 4.90. The lowest BCUT2D eigenvalue weighted by Crippen LogP contribution is -2.39. The van der Waals surface area contributed by atoms with Crippen molar-refractivity contribution in [3.8, 4) is 0 Å². The van der Waals surface area contributed by atoms with Gasteiger partial charge < -0.3 is 15.5 Å². The minimum atomic E-state index is -0.404. The third kappa shape index (κ3) is 4.09. The van der Waals surface area contributed by atoms with Crippen LogP contribution in [-0.4, -0.2) is 24.5 Å². The van der Waals surface area contributed by atoms with Gasteiger partial charge in [-0.15, -0.1) is 0 Å². The number of nitrogens with one attached hydrogen (secondary N) is 2. The number of benzene rings is 2. The third-order valence-corrected chi connectivity index (χ3v) is 4.44. The summed E-state index contributed by atoms with van der Waals surface area (Å²) in [5.74, 6) is -0.475. The Morgan fingerprint density at radius 3 is 2.64 bits per heavy atom. The van der Waals surface area contributed by atoms with E-state index in [-0.39, 0.29) is 24.2 Å². The zero-order valence-corrected chi connectivity index (χ0v) is 14.3. The van der Waals surface area contributed by atoms with Crippen LogP contribution in [0.5, 0.6) is 0 Å². The highest BCUT2D eigenvalue weighted by atomic mass is 35.5. The van der Waals surface area contributed by atoms with Crippen LogP contribution in [0, 0.1) is 12.7 Å². The molecule has 0 spiro atoms. The van der Waals surface area contributed by atoms with E-state index in [1.807, 2.05) is 13.0 Å². The van der Waals surface area contributed by atoms with Gasteiger partial charge in [-0.1, -0.05) is 17.7 Å². The Morgan fingerprint density at radius 1 is 1.24 bits per heavy atom. The van der Waals surface area contributed by atoms with Gasteiger partial charge in [0.05, 0.1) is 6.04 Å². The highest BCUT2D eigenvalue weighted by molar-refractivity contribution is 6.31. The maximum absolute atomic E-state index is 13.0. The summed E-state index contributed by atoms with van der Waals surface area (Å²) < 4.78 is 13.0. The number of hydrogen-bond donors (Lipinski definition) is 2. The first-order valence-electron chi connectivity index (χ1n) is 7.82. The summed E-state index contributed by atoms with van der Waals surface area (Å²) in [6.07, 6.45) is 0.194. The fourth-order valence-electron chi connectivity index (χ4n) is 2.70. The van der Waals surface area contributed by atoms with Gasteiger partial charge in [-0.25, -0.2) is 9.18 Å². The highest BCUT2D eigenvalue weighted by Crippen LogP contribution is 2.22. The molecule has 0 unspecified atom stereocenters. The summed E-state index contributed by atoms with van der Waals surface area (Å²) in [7, 11) is 0. The maximum Gasteiger partial charge on any atom is 0.319 e. The average Bonchev–Trinajstić information content (AvgIpc) is 2.92. The molecule has 0 aliphatic carbocycles. The van der Waals surface area contributed by atoms with Crippen molar-refractivity contribution in [2.45, 2.75) is 19.4 Å². The molecular formula is C18H17ClFN3O2. The summed E-state index contributed by atoms with van der Waals surface area (Å²) in [4.78, 5) is 25.8. The predicted octanol–water partition coefficient (Wildman–Crippen LogP) is 3.71. The van der Waals surface area contributed by atoms with Crippen molar-refractivity contribution in [2.75, 3.05) is 16.8 Å². The molecule has 25 heavy (non-hydrogen) atoms. The van der Waals surface area contributed by atoms with Crippen LogP contribution in [0.1, 0.15) is 12.0 Å². The number of hydrogen-bond acceptors (Lipinski definition) is 2. The SMILES string of the molecule is Cc1ccc(NC(=O)N[C@H]2CC(=O)N(c3ccc(F)cc3)C2)cc1Cl. The van der Waals surface area contributed by atoms with E-state index >= 15 is 0 Å². The van der Waals surface area contributed by atoms with Gasteiger partial charge in [0.1, 0.15) is 5.82 Å². The second kappa shape index (κ2) is 7.11. The quantitative estimate of drug-likeness (QED) is 0.875. The molecule has 0 aromatic heterocycles. The normalized spacial score (nSPS) is 16.8. The van der Waals surface area contributed by atoms with Gasteiger partial charge in [0.15, 0.2) is 0 Å². The second-order valence-corrected chi connectivity index (χ2v) is 6.35. The van der Waals surface area contributed by atoms with Crippen LogP contribution in [0.4, 0.5) is 20.6 Å². The van der Waals surface area contributed by atoms with Gasteiger partial charge in [0.25, 0.3) is 0 Å². The lowest BCUT2D eigenvalue weighted by atomic mass is 10.2. The van der Waals surface area contributed by atoms with Crippen molar-refractivity contribution in [1.29, 1.82) is 0 Å². The molecule has 1 aliphatic heterocycles. The van der Waals surface area contributed by atoms with E-state index in [1.54, 1.807) is 24.3 Å². The Morgan fingerprint density at radius 2 is 1.96 bits per heavy atom. The van der Waals surface area contributed by atoms with Gasteiger partial charge in [-0.2, -0.15) is 0 Å². The lowest BCUT2D eigenvalue weighted by Gasteiger charge is -2.17. The standard InChI is InChI=1S/C18H17ClFN3O2/c1-11-2-5-13(8-16(11)19)21-18(25)22-14-9-17(24)23(10-14)15-6-3-12(20)4-7-15/h2-8,14H,9-10H2,1H3,(H2,21,22,25)/t14-/m0/s1. The van der Waals surface area contributed by atoms with E-state index < -0.39 is 6.03 Å². The third-order valence-electron chi connectivity index (χ3n) is 4.03. The number of halogens is 2. The Labute approximate surface area is 149 Å². The van der Waals surface area contributed by atoms with Crippen LogP contribution in [0.3, 0.4) is 0 Å². The molecule has 0 saturated carbocycles. The molecule has 5 nitrogen and oxygen atoms in total. The molecule has 0 bridgehead atoms. The number of nitrogens with zero attached hydrogens (tertiary/aromatic N) is 1. The molecule has 1 saturated heterocycles. The number of urea groups is 1. The molecule has 2 N–H and O–H groups in total. The number of amides is 3. The van der Waals surface area contributed by atoms with Crippen LogP contribution in [0.15, 0.2) is 42.5 Å². The topological polar surface area (TPSA) is 61.4 Å². The minimum Gasteiger partial charge on any atom is -0.333 e. The van der Waals surface area contributed by atoms with Gasteiger partial charge in [-0.3, -0.25) is 4.79 Å². The molecular weight excluding hydrogens is 345 g/mol. The van der Waals surface area contributed by atoms with Gasteiger partial charge in [-0.05, 0) is 48.9 Å². The van der Waals surface area contributed by atoms with E-state index in [1.165, 1.54) is 17.0 Å². The highest BCUT2D eigenvalue weighted by Gasteiger charge is 2.31. The lowest BCUT2D eigenvalue weighted by molar-refractivity contribution is -0.117. The summed E-state index contributed by atoms with van der Waals surface area (Å²) in [6.45, 7) is 2.22. The van der Waals surface area contributed by atoms with Gasteiger partial charge in [0, 0.05) is 29.4 Å². The molecule has 3 amide bonds. The van der Waals surface area contributed by atoms with Crippen molar-refractivity contribution in [3.05, 3.63) is 58.9 Å². The monoisotopic (exact) mass is 361 g/mol. The fraction of sp³-hybridized carbons (Fsp3) is 0.222. The molecule has 7 heteroatoms. The molecule has 0 radical (unpaired) electrons. The molecule has 130 valence electrons. The molecule has 2 aromatic rings. The molecule has 2 aromatic carbocycles. The van der Waals surface area contributed by atoms with E-state index in [2.05, 4.69) is 10.6 Å². The predicted molar refractivity (Wildman–Crippen MR) is 95.5 cm³/mol. The molecule has 3 rings (SSSR count). The first-order chi connectivity index (χ1) is 11.9.